The molecule has 1 N–H and O–H groups in total. The molecule has 0 saturated carbocycles. The van der Waals surface area contributed by atoms with Crippen LogP contribution in [0.1, 0.15) is 50.2 Å². The molecule has 0 bridgehead atoms. The van der Waals surface area contributed by atoms with Gasteiger partial charge in [-0.3, -0.25) is 0 Å². The Morgan fingerprint density at radius 2 is 1.79 bits per heavy atom. The lowest BCUT2D eigenvalue weighted by molar-refractivity contribution is 0.0659. The molecule has 0 aliphatic carbocycles. The van der Waals surface area contributed by atoms with Crippen LogP contribution in [0.5, 0.6) is 5.75 Å². The molecule has 1 heterocycles. The summed E-state index contributed by atoms with van der Waals surface area (Å²) in [6, 6.07) is 12.6. The van der Waals surface area contributed by atoms with E-state index in [1.807, 2.05) is 25.1 Å². The number of rotatable bonds is 5. The highest BCUT2D eigenvalue weighted by Gasteiger charge is 2.25. The van der Waals surface area contributed by atoms with Crippen molar-refractivity contribution in [3.05, 3.63) is 64.2 Å². The van der Waals surface area contributed by atoms with E-state index in [2.05, 4.69) is 20.8 Å². The Kier molecular flexibility index (Phi) is 5.27. The average Bonchev–Trinajstić information content (AvgIpc) is 2.65. The van der Waals surface area contributed by atoms with Gasteiger partial charge in [0, 0.05) is 16.5 Å². The topological polar surface area (TPSA) is 76.7 Å². The largest absolute Gasteiger partial charge is 0.493 e. The van der Waals surface area contributed by atoms with Crippen LogP contribution in [0.25, 0.3) is 21.9 Å². The molecule has 0 atom stereocenters. The quantitative estimate of drug-likeness (QED) is 0.655. The molecule has 0 unspecified atom stereocenters. The Hall–Kier alpha value is -3.08. The zero-order valence-electron chi connectivity index (χ0n) is 16.5. The number of benzene rings is 2. The van der Waals surface area contributed by atoms with Gasteiger partial charge in [-0.05, 0) is 35.6 Å². The van der Waals surface area contributed by atoms with Gasteiger partial charge >= 0.3 is 11.6 Å². The minimum absolute atomic E-state index is 0.146. The van der Waals surface area contributed by atoms with Gasteiger partial charge in [0.1, 0.15) is 5.75 Å². The second-order valence-electron chi connectivity index (χ2n) is 7.75. The Labute approximate surface area is 163 Å². The van der Waals surface area contributed by atoms with Crippen molar-refractivity contribution in [3.8, 4) is 16.9 Å². The average molecular weight is 380 g/mol. The predicted octanol–water partition coefficient (Wildman–Crippen LogP) is 5.24. The van der Waals surface area contributed by atoms with E-state index in [-0.39, 0.29) is 11.2 Å². The number of hydrogen-bond acceptors (Lipinski definition) is 4. The third-order valence-corrected chi connectivity index (χ3v) is 4.61. The Balaban J connectivity index is 2.43. The molecule has 0 amide bonds. The van der Waals surface area contributed by atoms with E-state index in [4.69, 9.17) is 9.15 Å². The second kappa shape index (κ2) is 7.50. The van der Waals surface area contributed by atoms with Crippen LogP contribution in [-0.2, 0) is 5.41 Å². The van der Waals surface area contributed by atoms with Crippen LogP contribution in [0, 0.1) is 0 Å². The van der Waals surface area contributed by atoms with Crippen molar-refractivity contribution in [3.63, 3.8) is 0 Å². The van der Waals surface area contributed by atoms with Gasteiger partial charge in [-0.2, -0.15) is 0 Å². The van der Waals surface area contributed by atoms with E-state index in [1.165, 1.54) is 0 Å². The Morgan fingerprint density at radius 1 is 1.11 bits per heavy atom. The van der Waals surface area contributed by atoms with E-state index in [0.29, 0.717) is 34.3 Å². The molecule has 2 aromatic carbocycles. The molecule has 28 heavy (non-hydrogen) atoms. The lowest BCUT2D eigenvalue weighted by Crippen LogP contribution is -2.13. The summed E-state index contributed by atoms with van der Waals surface area (Å²) in [5.41, 5.74) is 1.18. The van der Waals surface area contributed by atoms with Crippen LogP contribution < -0.4 is 10.4 Å². The number of hydrogen-bond donors (Lipinski definition) is 1. The summed E-state index contributed by atoms with van der Waals surface area (Å²) in [6.07, 6.45) is 0.816. The standard InChI is InChI=1S/C23H24O5/c1-5-12-27-18-11-10-14(23(2,3)4)13-17(18)19-15-8-6-7-9-16(15)22(26)28-20(19)21(24)25/h6-11,13H,5,12H2,1-4H3,(H,24,25). The summed E-state index contributed by atoms with van der Waals surface area (Å²) < 4.78 is 11.1. The molecular weight excluding hydrogens is 356 g/mol. The number of ether oxygens (including phenoxy) is 1. The third kappa shape index (κ3) is 3.65. The van der Waals surface area contributed by atoms with Gasteiger partial charge in [-0.25, -0.2) is 9.59 Å². The highest BCUT2D eigenvalue weighted by atomic mass is 16.5. The van der Waals surface area contributed by atoms with Crippen LogP contribution in [-0.4, -0.2) is 17.7 Å². The molecule has 0 radical (unpaired) electrons. The maximum Gasteiger partial charge on any atom is 0.372 e. The number of carboxylic acids is 1. The number of carboxylic acid groups (broad SMARTS) is 1. The zero-order valence-corrected chi connectivity index (χ0v) is 16.5. The highest BCUT2D eigenvalue weighted by molar-refractivity contribution is 6.06. The lowest BCUT2D eigenvalue weighted by atomic mass is 9.84. The molecule has 0 spiro atoms. The van der Waals surface area contributed by atoms with Gasteiger partial charge in [-0.1, -0.05) is 52.0 Å². The molecule has 1 aromatic heterocycles. The van der Waals surface area contributed by atoms with Crippen molar-refractivity contribution < 1.29 is 19.1 Å². The van der Waals surface area contributed by atoms with Crippen molar-refractivity contribution >= 4 is 16.7 Å². The van der Waals surface area contributed by atoms with Crippen LogP contribution in [0.2, 0.25) is 0 Å². The smallest absolute Gasteiger partial charge is 0.372 e. The molecular formula is C23H24O5. The van der Waals surface area contributed by atoms with E-state index < -0.39 is 11.6 Å². The predicted molar refractivity (Wildman–Crippen MR) is 109 cm³/mol. The first-order chi connectivity index (χ1) is 13.2. The lowest BCUT2D eigenvalue weighted by Gasteiger charge is -2.22. The molecule has 3 rings (SSSR count). The number of carbonyl (C=O) groups is 1. The Bertz CT molecular complexity index is 1090. The monoisotopic (exact) mass is 380 g/mol. The maximum absolute atomic E-state index is 12.3. The summed E-state index contributed by atoms with van der Waals surface area (Å²) in [5, 5.41) is 10.6. The van der Waals surface area contributed by atoms with E-state index >= 15 is 0 Å². The maximum atomic E-state index is 12.3. The van der Waals surface area contributed by atoms with Gasteiger partial charge in [0.2, 0.25) is 5.76 Å². The van der Waals surface area contributed by atoms with Crippen molar-refractivity contribution in [1.29, 1.82) is 0 Å². The van der Waals surface area contributed by atoms with E-state index in [0.717, 1.165) is 12.0 Å². The Morgan fingerprint density at radius 3 is 2.39 bits per heavy atom. The minimum atomic E-state index is -1.29. The van der Waals surface area contributed by atoms with Gasteiger partial charge in [-0.15, -0.1) is 0 Å². The summed E-state index contributed by atoms with van der Waals surface area (Å²) in [6.45, 7) is 8.75. The summed E-state index contributed by atoms with van der Waals surface area (Å²) >= 11 is 0. The number of aromatic carboxylic acids is 1. The van der Waals surface area contributed by atoms with Gasteiger partial charge in [0.25, 0.3) is 0 Å². The minimum Gasteiger partial charge on any atom is -0.493 e. The fraction of sp³-hybridized carbons (Fsp3) is 0.304. The first-order valence-corrected chi connectivity index (χ1v) is 9.31. The van der Waals surface area contributed by atoms with Gasteiger partial charge in [0.05, 0.1) is 12.0 Å². The third-order valence-electron chi connectivity index (χ3n) is 4.61. The molecule has 5 heteroatoms. The van der Waals surface area contributed by atoms with Crippen molar-refractivity contribution in [1.82, 2.24) is 0 Å². The van der Waals surface area contributed by atoms with Crippen molar-refractivity contribution in [2.45, 2.75) is 39.5 Å². The number of fused-ring (bicyclic) bond motifs is 1. The van der Waals surface area contributed by atoms with Crippen LogP contribution >= 0.6 is 0 Å². The molecule has 0 aliphatic heterocycles. The summed E-state index contributed by atoms with van der Waals surface area (Å²) in [4.78, 5) is 24.2. The molecule has 0 fully saturated rings. The van der Waals surface area contributed by atoms with Crippen molar-refractivity contribution in [2.75, 3.05) is 6.61 Å². The SMILES string of the molecule is CCCOc1ccc(C(C)(C)C)cc1-c1c(C(=O)O)oc(=O)c2ccccc12. The molecule has 0 aliphatic rings. The first-order valence-electron chi connectivity index (χ1n) is 9.31. The van der Waals surface area contributed by atoms with Crippen LogP contribution in [0.4, 0.5) is 0 Å². The zero-order chi connectivity index (χ0) is 20.5. The molecule has 146 valence electrons. The van der Waals surface area contributed by atoms with Crippen LogP contribution in [0.15, 0.2) is 51.7 Å². The normalized spacial score (nSPS) is 11.6. The van der Waals surface area contributed by atoms with Gasteiger partial charge < -0.3 is 14.3 Å². The fourth-order valence-corrected chi connectivity index (χ4v) is 3.15. The van der Waals surface area contributed by atoms with E-state index in [1.54, 1.807) is 24.3 Å². The van der Waals surface area contributed by atoms with E-state index in [9.17, 15) is 14.7 Å². The van der Waals surface area contributed by atoms with Gasteiger partial charge in [0.15, 0.2) is 0 Å². The first kappa shape index (κ1) is 19.7. The molecule has 5 nitrogen and oxygen atoms in total. The fourth-order valence-electron chi connectivity index (χ4n) is 3.15. The summed E-state index contributed by atoms with van der Waals surface area (Å²) in [5.74, 6) is -1.10. The molecule has 3 aromatic rings. The second-order valence-corrected chi connectivity index (χ2v) is 7.75. The molecule has 0 saturated heterocycles. The van der Waals surface area contributed by atoms with Crippen molar-refractivity contribution in [2.24, 2.45) is 0 Å². The van der Waals surface area contributed by atoms with Crippen LogP contribution in [0.3, 0.4) is 0 Å². The highest BCUT2D eigenvalue weighted by Crippen LogP contribution is 2.39. The summed E-state index contributed by atoms with van der Waals surface area (Å²) in [7, 11) is 0.